The molecular formula is C14H18O3. The Morgan fingerprint density at radius 2 is 2.00 bits per heavy atom. The number of aliphatic hydroxyl groups excluding tert-OH is 1. The normalized spacial score (nSPS) is 28.9. The number of hydrogen-bond donors (Lipinski definition) is 2. The first-order chi connectivity index (χ1) is 8.04. The standard InChI is InChI=1S/C14H18O3/c1-10-3-2-4-11(9-10)14(13(16)17)7-5-12(15)6-8-14/h2-4,9,12,15H,5-8H2,1H3,(H,16,17). The molecule has 0 atom stereocenters. The molecule has 1 aliphatic rings. The van der Waals surface area contributed by atoms with Crippen molar-refractivity contribution < 1.29 is 15.0 Å². The minimum absolute atomic E-state index is 0.340. The monoisotopic (exact) mass is 234 g/mol. The second kappa shape index (κ2) is 4.49. The third-order valence-electron chi connectivity index (χ3n) is 3.79. The zero-order valence-corrected chi connectivity index (χ0v) is 10.0. The highest BCUT2D eigenvalue weighted by atomic mass is 16.4. The fraction of sp³-hybridized carbons (Fsp3) is 0.500. The number of aryl methyl sites for hydroxylation is 1. The van der Waals surface area contributed by atoms with Crippen molar-refractivity contribution in [3.8, 4) is 0 Å². The zero-order valence-electron chi connectivity index (χ0n) is 10.0. The van der Waals surface area contributed by atoms with Crippen LogP contribution in [0.3, 0.4) is 0 Å². The van der Waals surface area contributed by atoms with Gasteiger partial charge in [-0.1, -0.05) is 29.8 Å². The van der Waals surface area contributed by atoms with Gasteiger partial charge in [-0.2, -0.15) is 0 Å². The molecule has 1 aromatic rings. The predicted octanol–water partition coefficient (Wildman–Crippen LogP) is 2.25. The second-order valence-corrected chi connectivity index (χ2v) is 4.99. The van der Waals surface area contributed by atoms with E-state index < -0.39 is 11.4 Å². The molecule has 0 aliphatic heterocycles. The SMILES string of the molecule is Cc1cccc(C2(C(=O)O)CCC(O)CC2)c1. The van der Waals surface area contributed by atoms with Gasteiger partial charge < -0.3 is 10.2 Å². The maximum absolute atomic E-state index is 11.6. The Morgan fingerprint density at radius 1 is 1.35 bits per heavy atom. The Hall–Kier alpha value is -1.35. The second-order valence-electron chi connectivity index (χ2n) is 4.99. The number of carbonyl (C=O) groups is 1. The van der Waals surface area contributed by atoms with Gasteiger partial charge in [0.05, 0.1) is 11.5 Å². The zero-order chi connectivity index (χ0) is 12.5. The van der Waals surface area contributed by atoms with Crippen LogP contribution < -0.4 is 0 Å². The van der Waals surface area contributed by atoms with Crippen LogP contribution in [-0.2, 0) is 10.2 Å². The topological polar surface area (TPSA) is 57.5 Å². The lowest BCUT2D eigenvalue weighted by Crippen LogP contribution is -2.40. The van der Waals surface area contributed by atoms with Gasteiger partial charge in [0.25, 0.3) is 0 Å². The van der Waals surface area contributed by atoms with Crippen molar-refractivity contribution in [2.75, 3.05) is 0 Å². The van der Waals surface area contributed by atoms with E-state index in [1.807, 2.05) is 31.2 Å². The first kappa shape index (κ1) is 12.1. The summed E-state index contributed by atoms with van der Waals surface area (Å²) in [7, 11) is 0. The molecule has 0 amide bonds. The minimum Gasteiger partial charge on any atom is -0.481 e. The molecule has 0 spiro atoms. The summed E-state index contributed by atoms with van der Waals surface area (Å²) in [6.45, 7) is 1.97. The van der Waals surface area contributed by atoms with E-state index in [9.17, 15) is 15.0 Å². The van der Waals surface area contributed by atoms with Crippen LogP contribution in [0.4, 0.5) is 0 Å². The lowest BCUT2D eigenvalue weighted by atomic mass is 9.68. The number of carboxylic acids is 1. The average Bonchev–Trinajstić information content (AvgIpc) is 2.30. The van der Waals surface area contributed by atoms with Crippen LogP contribution in [-0.4, -0.2) is 22.3 Å². The highest BCUT2D eigenvalue weighted by molar-refractivity contribution is 5.81. The van der Waals surface area contributed by atoms with Crippen LogP contribution >= 0.6 is 0 Å². The van der Waals surface area contributed by atoms with Crippen LogP contribution in [0.25, 0.3) is 0 Å². The summed E-state index contributed by atoms with van der Waals surface area (Å²) >= 11 is 0. The highest BCUT2D eigenvalue weighted by Crippen LogP contribution is 2.40. The summed E-state index contributed by atoms with van der Waals surface area (Å²) in [5.41, 5.74) is 1.15. The van der Waals surface area contributed by atoms with E-state index in [-0.39, 0.29) is 6.10 Å². The fourth-order valence-corrected chi connectivity index (χ4v) is 2.66. The van der Waals surface area contributed by atoms with E-state index in [4.69, 9.17) is 0 Å². The van der Waals surface area contributed by atoms with Crippen molar-refractivity contribution in [1.29, 1.82) is 0 Å². The Balaban J connectivity index is 2.38. The van der Waals surface area contributed by atoms with E-state index in [1.165, 1.54) is 0 Å². The molecular weight excluding hydrogens is 216 g/mol. The quantitative estimate of drug-likeness (QED) is 0.825. The third-order valence-corrected chi connectivity index (χ3v) is 3.79. The lowest BCUT2D eigenvalue weighted by molar-refractivity contribution is -0.146. The molecule has 3 nitrogen and oxygen atoms in total. The molecule has 0 unspecified atom stereocenters. The third kappa shape index (κ3) is 2.20. The molecule has 1 aromatic carbocycles. The van der Waals surface area contributed by atoms with Crippen molar-refractivity contribution in [2.45, 2.75) is 44.1 Å². The van der Waals surface area contributed by atoms with Crippen molar-refractivity contribution >= 4 is 5.97 Å². The maximum Gasteiger partial charge on any atom is 0.314 e. The smallest absolute Gasteiger partial charge is 0.314 e. The number of aliphatic hydroxyl groups is 1. The van der Waals surface area contributed by atoms with Crippen molar-refractivity contribution in [2.24, 2.45) is 0 Å². The Morgan fingerprint density at radius 3 is 2.53 bits per heavy atom. The summed E-state index contributed by atoms with van der Waals surface area (Å²) in [5.74, 6) is -0.769. The van der Waals surface area contributed by atoms with Crippen molar-refractivity contribution in [3.63, 3.8) is 0 Å². The maximum atomic E-state index is 11.6. The first-order valence-corrected chi connectivity index (χ1v) is 6.03. The largest absolute Gasteiger partial charge is 0.481 e. The molecule has 0 bridgehead atoms. The van der Waals surface area contributed by atoms with Crippen LogP contribution in [0.5, 0.6) is 0 Å². The van der Waals surface area contributed by atoms with Gasteiger partial charge in [-0.3, -0.25) is 4.79 Å². The Kier molecular flexibility index (Phi) is 3.20. The number of rotatable bonds is 2. The van der Waals surface area contributed by atoms with Gasteiger partial charge in [-0.05, 0) is 38.2 Å². The fourth-order valence-electron chi connectivity index (χ4n) is 2.66. The van der Waals surface area contributed by atoms with Crippen LogP contribution in [0.15, 0.2) is 24.3 Å². The van der Waals surface area contributed by atoms with Gasteiger partial charge in [0.15, 0.2) is 0 Å². The molecule has 1 saturated carbocycles. The summed E-state index contributed by atoms with van der Waals surface area (Å²) in [6.07, 6.45) is 1.84. The lowest BCUT2D eigenvalue weighted by Gasteiger charge is -2.35. The molecule has 3 heteroatoms. The van der Waals surface area contributed by atoms with E-state index >= 15 is 0 Å². The van der Waals surface area contributed by atoms with Gasteiger partial charge in [0.2, 0.25) is 0 Å². The molecule has 92 valence electrons. The van der Waals surface area contributed by atoms with Crippen molar-refractivity contribution in [3.05, 3.63) is 35.4 Å². The minimum atomic E-state index is -0.800. The Bertz CT molecular complexity index is 417. The summed E-state index contributed by atoms with van der Waals surface area (Å²) < 4.78 is 0. The van der Waals surface area contributed by atoms with Gasteiger partial charge in [0, 0.05) is 0 Å². The molecule has 2 N–H and O–H groups in total. The first-order valence-electron chi connectivity index (χ1n) is 6.03. The summed E-state index contributed by atoms with van der Waals surface area (Å²) in [5, 5.41) is 19.1. The van der Waals surface area contributed by atoms with E-state index in [0.29, 0.717) is 25.7 Å². The number of benzene rings is 1. The Labute approximate surface area is 101 Å². The molecule has 0 aromatic heterocycles. The molecule has 0 heterocycles. The molecule has 17 heavy (non-hydrogen) atoms. The number of aliphatic carboxylic acids is 1. The highest BCUT2D eigenvalue weighted by Gasteiger charge is 2.43. The molecule has 1 fully saturated rings. The van der Waals surface area contributed by atoms with Crippen LogP contribution in [0, 0.1) is 6.92 Å². The van der Waals surface area contributed by atoms with Crippen LogP contribution in [0.1, 0.15) is 36.8 Å². The van der Waals surface area contributed by atoms with Crippen molar-refractivity contribution in [1.82, 2.24) is 0 Å². The van der Waals surface area contributed by atoms with Gasteiger partial charge in [-0.15, -0.1) is 0 Å². The van der Waals surface area contributed by atoms with Gasteiger partial charge >= 0.3 is 5.97 Å². The molecule has 0 saturated heterocycles. The summed E-state index contributed by atoms with van der Waals surface area (Å²) in [4.78, 5) is 11.6. The molecule has 2 rings (SSSR count). The molecule has 1 aliphatic carbocycles. The average molecular weight is 234 g/mol. The van der Waals surface area contributed by atoms with E-state index in [2.05, 4.69) is 0 Å². The van der Waals surface area contributed by atoms with E-state index in [1.54, 1.807) is 0 Å². The van der Waals surface area contributed by atoms with E-state index in [0.717, 1.165) is 11.1 Å². The van der Waals surface area contributed by atoms with Gasteiger partial charge in [0.1, 0.15) is 0 Å². The number of carboxylic acid groups (broad SMARTS) is 1. The summed E-state index contributed by atoms with van der Waals surface area (Å²) in [6, 6.07) is 7.71. The number of hydrogen-bond acceptors (Lipinski definition) is 2. The predicted molar refractivity (Wildman–Crippen MR) is 65.0 cm³/mol. The van der Waals surface area contributed by atoms with Gasteiger partial charge in [-0.25, -0.2) is 0 Å². The van der Waals surface area contributed by atoms with Crippen LogP contribution in [0.2, 0.25) is 0 Å². The molecule has 0 radical (unpaired) electrons.